The van der Waals surface area contributed by atoms with Gasteiger partial charge < -0.3 is 14.6 Å². The van der Waals surface area contributed by atoms with Gasteiger partial charge in [-0.15, -0.1) is 11.3 Å². The summed E-state index contributed by atoms with van der Waals surface area (Å²) in [7, 11) is 0. The Morgan fingerprint density at radius 2 is 2.17 bits per heavy atom. The minimum atomic E-state index is -0.216. The number of hydrogen-bond acceptors (Lipinski definition) is 5. The molecule has 0 atom stereocenters. The van der Waals surface area contributed by atoms with E-state index >= 15 is 0 Å². The molecule has 1 aliphatic heterocycles. The second-order valence-corrected chi connectivity index (χ2v) is 6.49. The number of thiophene rings is 1. The molecule has 0 aliphatic carbocycles. The number of rotatable bonds is 5. The second kappa shape index (κ2) is 6.95. The highest BCUT2D eigenvalue weighted by Gasteiger charge is 2.19. The van der Waals surface area contributed by atoms with Gasteiger partial charge in [0.25, 0.3) is 0 Å². The summed E-state index contributed by atoms with van der Waals surface area (Å²) in [5.41, 5.74) is 0.611. The molecule has 2 amide bonds. The van der Waals surface area contributed by atoms with Gasteiger partial charge in [0.2, 0.25) is 17.7 Å². The molecule has 0 spiro atoms. The Balaban J connectivity index is 1.54. The molecular formula is C16H19N3O3S. The predicted molar refractivity (Wildman–Crippen MR) is 87.1 cm³/mol. The van der Waals surface area contributed by atoms with E-state index < -0.39 is 0 Å². The van der Waals surface area contributed by atoms with Crippen molar-refractivity contribution in [1.29, 1.82) is 0 Å². The Kier molecular flexibility index (Phi) is 4.76. The topological polar surface area (TPSA) is 75.4 Å². The molecule has 1 N–H and O–H groups in total. The number of aromatic nitrogens is 1. The molecule has 0 saturated carbocycles. The van der Waals surface area contributed by atoms with Crippen molar-refractivity contribution in [2.75, 3.05) is 19.6 Å². The molecule has 7 heteroatoms. The standard InChI is InChI=1S/C16H19N3O3S/c1-11-12(18-16(22-11)13-5-4-8-23-13)9-14(20)17-10-15(21)19-6-2-3-7-19/h4-5,8H,2-3,6-7,9-10H2,1H3,(H,17,20). The normalized spacial score (nSPS) is 14.2. The summed E-state index contributed by atoms with van der Waals surface area (Å²) in [6.45, 7) is 3.43. The molecule has 2 aromatic heterocycles. The quantitative estimate of drug-likeness (QED) is 0.908. The second-order valence-electron chi connectivity index (χ2n) is 5.54. The van der Waals surface area contributed by atoms with Gasteiger partial charge in [-0.3, -0.25) is 9.59 Å². The van der Waals surface area contributed by atoms with Crippen LogP contribution in [0.15, 0.2) is 21.9 Å². The largest absolute Gasteiger partial charge is 0.440 e. The van der Waals surface area contributed by atoms with Gasteiger partial charge in [-0.25, -0.2) is 4.98 Å². The molecule has 122 valence electrons. The Labute approximate surface area is 138 Å². The van der Waals surface area contributed by atoms with Gasteiger partial charge in [-0.1, -0.05) is 6.07 Å². The SMILES string of the molecule is Cc1oc(-c2cccs2)nc1CC(=O)NCC(=O)N1CCCC1. The van der Waals surface area contributed by atoms with E-state index in [4.69, 9.17) is 4.42 Å². The number of nitrogens with one attached hydrogen (secondary N) is 1. The van der Waals surface area contributed by atoms with Crippen LogP contribution in [0.1, 0.15) is 24.3 Å². The highest BCUT2D eigenvalue weighted by molar-refractivity contribution is 7.13. The summed E-state index contributed by atoms with van der Waals surface area (Å²) in [5, 5.41) is 4.62. The summed E-state index contributed by atoms with van der Waals surface area (Å²) in [6.07, 6.45) is 2.21. The van der Waals surface area contributed by atoms with Crippen molar-refractivity contribution in [2.45, 2.75) is 26.2 Å². The van der Waals surface area contributed by atoms with Crippen LogP contribution in [0.2, 0.25) is 0 Å². The average Bonchev–Trinajstić information content (AvgIpc) is 3.27. The van der Waals surface area contributed by atoms with E-state index in [1.807, 2.05) is 17.5 Å². The van der Waals surface area contributed by atoms with Crippen molar-refractivity contribution in [3.05, 3.63) is 29.0 Å². The molecule has 0 unspecified atom stereocenters. The van der Waals surface area contributed by atoms with Gasteiger partial charge in [0.05, 0.1) is 23.5 Å². The number of carbonyl (C=O) groups excluding carboxylic acids is 2. The van der Waals surface area contributed by atoms with Gasteiger partial charge >= 0.3 is 0 Å². The number of hydrogen-bond donors (Lipinski definition) is 1. The fraction of sp³-hybridized carbons (Fsp3) is 0.438. The first-order chi connectivity index (χ1) is 11.1. The maximum Gasteiger partial charge on any atom is 0.241 e. The van der Waals surface area contributed by atoms with E-state index in [0.29, 0.717) is 17.3 Å². The molecule has 1 fully saturated rings. The summed E-state index contributed by atoms with van der Waals surface area (Å²) < 4.78 is 5.61. The first-order valence-corrected chi connectivity index (χ1v) is 8.56. The lowest BCUT2D eigenvalue weighted by Gasteiger charge is -2.15. The first kappa shape index (κ1) is 15.7. The lowest BCUT2D eigenvalue weighted by Crippen LogP contribution is -2.39. The van der Waals surface area contributed by atoms with E-state index in [2.05, 4.69) is 10.3 Å². The molecular weight excluding hydrogens is 314 g/mol. The fourth-order valence-electron chi connectivity index (χ4n) is 2.56. The summed E-state index contributed by atoms with van der Waals surface area (Å²) in [4.78, 5) is 31.0. The molecule has 1 aliphatic rings. The number of nitrogens with zero attached hydrogens (tertiary/aromatic N) is 2. The summed E-state index contributed by atoms with van der Waals surface area (Å²) in [6, 6.07) is 3.85. The molecule has 0 bridgehead atoms. The Morgan fingerprint density at radius 1 is 1.39 bits per heavy atom. The van der Waals surface area contributed by atoms with Crippen LogP contribution in [-0.2, 0) is 16.0 Å². The van der Waals surface area contributed by atoms with Crippen molar-refractivity contribution in [2.24, 2.45) is 0 Å². The lowest BCUT2D eigenvalue weighted by molar-refractivity contribution is -0.131. The van der Waals surface area contributed by atoms with E-state index in [-0.39, 0.29) is 24.8 Å². The third-order valence-electron chi connectivity index (χ3n) is 3.85. The molecule has 23 heavy (non-hydrogen) atoms. The van der Waals surface area contributed by atoms with E-state index in [1.165, 1.54) is 11.3 Å². The number of aryl methyl sites for hydroxylation is 1. The smallest absolute Gasteiger partial charge is 0.241 e. The molecule has 1 saturated heterocycles. The van der Waals surface area contributed by atoms with Crippen molar-refractivity contribution in [3.63, 3.8) is 0 Å². The number of amides is 2. The number of likely N-dealkylation sites (tertiary alicyclic amines) is 1. The van der Waals surface area contributed by atoms with Gasteiger partial charge in [-0.2, -0.15) is 0 Å². The zero-order valence-corrected chi connectivity index (χ0v) is 13.8. The molecule has 2 aromatic rings. The maximum absolute atomic E-state index is 12.0. The number of carbonyl (C=O) groups is 2. The minimum absolute atomic E-state index is 0.0213. The van der Waals surface area contributed by atoms with Crippen LogP contribution in [0.5, 0.6) is 0 Å². The van der Waals surface area contributed by atoms with Crippen molar-refractivity contribution < 1.29 is 14.0 Å². The zero-order valence-electron chi connectivity index (χ0n) is 13.0. The van der Waals surface area contributed by atoms with Crippen molar-refractivity contribution in [3.8, 4) is 10.8 Å². The molecule has 0 radical (unpaired) electrons. The van der Waals surface area contributed by atoms with Gasteiger partial charge in [-0.05, 0) is 31.2 Å². The number of oxazole rings is 1. The summed E-state index contributed by atoms with van der Waals surface area (Å²) >= 11 is 1.54. The van der Waals surface area contributed by atoms with Crippen LogP contribution in [0.4, 0.5) is 0 Å². The van der Waals surface area contributed by atoms with Gasteiger partial charge in [0.1, 0.15) is 5.76 Å². The predicted octanol–water partition coefficient (Wildman–Crippen LogP) is 1.99. The van der Waals surface area contributed by atoms with Crippen LogP contribution >= 0.6 is 11.3 Å². The van der Waals surface area contributed by atoms with Gasteiger partial charge in [0.15, 0.2) is 0 Å². The van der Waals surface area contributed by atoms with Crippen LogP contribution in [0.25, 0.3) is 10.8 Å². The van der Waals surface area contributed by atoms with Crippen LogP contribution < -0.4 is 5.32 Å². The molecule has 6 nitrogen and oxygen atoms in total. The average molecular weight is 333 g/mol. The fourth-order valence-corrected chi connectivity index (χ4v) is 3.21. The maximum atomic E-state index is 12.0. The van der Waals surface area contributed by atoms with Crippen molar-refractivity contribution >= 4 is 23.2 Å². The third-order valence-corrected chi connectivity index (χ3v) is 4.71. The Bertz CT molecular complexity index is 687. The van der Waals surface area contributed by atoms with E-state index in [0.717, 1.165) is 30.8 Å². The highest BCUT2D eigenvalue weighted by atomic mass is 32.1. The highest BCUT2D eigenvalue weighted by Crippen LogP contribution is 2.25. The lowest BCUT2D eigenvalue weighted by atomic mass is 10.2. The molecule has 3 rings (SSSR count). The first-order valence-electron chi connectivity index (χ1n) is 7.68. The molecule has 3 heterocycles. The Hall–Kier alpha value is -2.15. The third kappa shape index (κ3) is 3.79. The minimum Gasteiger partial charge on any atom is -0.440 e. The Morgan fingerprint density at radius 3 is 2.87 bits per heavy atom. The zero-order chi connectivity index (χ0) is 16.2. The monoisotopic (exact) mass is 333 g/mol. The van der Waals surface area contributed by atoms with Crippen LogP contribution in [-0.4, -0.2) is 41.3 Å². The molecule has 0 aromatic carbocycles. The summed E-state index contributed by atoms with van der Waals surface area (Å²) in [5.74, 6) is 0.932. The van der Waals surface area contributed by atoms with E-state index in [1.54, 1.807) is 11.8 Å². The van der Waals surface area contributed by atoms with Crippen LogP contribution in [0.3, 0.4) is 0 Å². The van der Waals surface area contributed by atoms with Crippen LogP contribution in [0, 0.1) is 6.92 Å². The van der Waals surface area contributed by atoms with E-state index in [9.17, 15) is 9.59 Å². The van der Waals surface area contributed by atoms with Gasteiger partial charge in [0, 0.05) is 13.1 Å². The van der Waals surface area contributed by atoms with Crippen molar-refractivity contribution in [1.82, 2.24) is 15.2 Å².